The molecular formula is C12H11BrN4O. The molecule has 3 aromatic heterocycles. The lowest BCUT2D eigenvalue weighted by Crippen LogP contribution is -1.88. The van der Waals surface area contributed by atoms with Crippen LogP contribution in [-0.2, 0) is 0 Å². The van der Waals surface area contributed by atoms with Gasteiger partial charge in [-0.15, -0.1) is 0 Å². The molecule has 0 saturated heterocycles. The van der Waals surface area contributed by atoms with Crippen LogP contribution in [0.1, 0.15) is 17.3 Å². The highest BCUT2D eigenvalue weighted by Crippen LogP contribution is 2.30. The molecule has 0 unspecified atom stereocenters. The van der Waals surface area contributed by atoms with Crippen LogP contribution >= 0.6 is 15.9 Å². The lowest BCUT2D eigenvalue weighted by atomic mass is 10.1. The topological polar surface area (TPSA) is 67.6 Å². The standard InChI is InChI=1S/C12H11BrN4O/c1-5-10(6(2)18-17-5)9-4-8(13)11-12(16-9)15-7(3)14-11/h4H,1-3H3,(H,14,15,16). The number of pyridine rings is 1. The maximum atomic E-state index is 5.18. The van der Waals surface area contributed by atoms with Crippen molar-refractivity contribution in [2.24, 2.45) is 0 Å². The first-order valence-electron chi connectivity index (χ1n) is 5.52. The van der Waals surface area contributed by atoms with Crippen LogP contribution in [0, 0.1) is 20.8 Å². The van der Waals surface area contributed by atoms with Crippen LogP contribution in [-0.4, -0.2) is 20.1 Å². The second-order valence-electron chi connectivity index (χ2n) is 4.21. The summed E-state index contributed by atoms with van der Waals surface area (Å²) in [6.45, 7) is 5.70. The van der Waals surface area contributed by atoms with Gasteiger partial charge >= 0.3 is 0 Å². The van der Waals surface area contributed by atoms with Crippen molar-refractivity contribution in [2.45, 2.75) is 20.8 Å². The Kier molecular flexibility index (Phi) is 2.48. The summed E-state index contributed by atoms with van der Waals surface area (Å²) >= 11 is 3.52. The molecule has 0 bridgehead atoms. The number of aryl methyl sites for hydroxylation is 3. The van der Waals surface area contributed by atoms with Gasteiger partial charge in [-0.1, -0.05) is 5.16 Å². The Morgan fingerprint density at radius 1 is 1.22 bits per heavy atom. The Morgan fingerprint density at radius 2 is 2.00 bits per heavy atom. The molecule has 0 saturated carbocycles. The maximum Gasteiger partial charge on any atom is 0.159 e. The fourth-order valence-corrected chi connectivity index (χ4v) is 2.54. The normalized spacial score (nSPS) is 11.3. The van der Waals surface area contributed by atoms with Gasteiger partial charge in [0.05, 0.1) is 17.0 Å². The number of aromatic amines is 1. The molecule has 0 atom stereocenters. The minimum Gasteiger partial charge on any atom is -0.361 e. The van der Waals surface area contributed by atoms with Crippen molar-refractivity contribution in [3.8, 4) is 11.3 Å². The van der Waals surface area contributed by atoms with Crippen LogP contribution in [0.5, 0.6) is 0 Å². The summed E-state index contributed by atoms with van der Waals surface area (Å²) in [6.07, 6.45) is 0. The second-order valence-corrected chi connectivity index (χ2v) is 5.06. The summed E-state index contributed by atoms with van der Waals surface area (Å²) < 4.78 is 6.08. The largest absolute Gasteiger partial charge is 0.361 e. The van der Waals surface area contributed by atoms with E-state index in [-0.39, 0.29) is 0 Å². The molecule has 3 heterocycles. The highest BCUT2D eigenvalue weighted by atomic mass is 79.9. The van der Waals surface area contributed by atoms with Crippen LogP contribution < -0.4 is 0 Å². The zero-order chi connectivity index (χ0) is 12.9. The molecule has 3 rings (SSSR count). The van der Waals surface area contributed by atoms with Crippen molar-refractivity contribution in [3.63, 3.8) is 0 Å². The first-order valence-corrected chi connectivity index (χ1v) is 6.31. The Morgan fingerprint density at radius 3 is 2.67 bits per heavy atom. The summed E-state index contributed by atoms with van der Waals surface area (Å²) in [7, 11) is 0. The number of hydrogen-bond acceptors (Lipinski definition) is 4. The molecule has 92 valence electrons. The highest BCUT2D eigenvalue weighted by molar-refractivity contribution is 9.10. The number of halogens is 1. The SMILES string of the molecule is Cc1nc2c(Br)cc(-c3c(C)noc3C)nc2[nH]1. The van der Waals surface area contributed by atoms with E-state index in [1.54, 1.807) is 0 Å². The summed E-state index contributed by atoms with van der Waals surface area (Å²) in [5.74, 6) is 1.61. The molecule has 0 aliphatic heterocycles. The summed E-state index contributed by atoms with van der Waals surface area (Å²) in [4.78, 5) is 12.1. The lowest BCUT2D eigenvalue weighted by molar-refractivity contribution is 0.393. The molecule has 0 spiro atoms. The Hall–Kier alpha value is -1.69. The van der Waals surface area contributed by atoms with Crippen molar-refractivity contribution in [1.29, 1.82) is 0 Å². The fourth-order valence-electron chi connectivity index (χ4n) is 2.04. The van der Waals surface area contributed by atoms with Crippen LogP contribution in [0.15, 0.2) is 15.1 Å². The third-order valence-corrected chi connectivity index (χ3v) is 3.42. The van der Waals surface area contributed by atoms with Gasteiger partial charge in [0, 0.05) is 4.47 Å². The van der Waals surface area contributed by atoms with Crippen molar-refractivity contribution in [1.82, 2.24) is 20.1 Å². The Labute approximate surface area is 112 Å². The second kappa shape index (κ2) is 3.91. The third kappa shape index (κ3) is 1.64. The van der Waals surface area contributed by atoms with Crippen LogP contribution in [0.2, 0.25) is 0 Å². The molecule has 18 heavy (non-hydrogen) atoms. The third-order valence-electron chi connectivity index (χ3n) is 2.81. The van der Waals surface area contributed by atoms with Crippen molar-refractivity contribution < 1.29 is 4.52 Å². The predicted octanol–water partition coefficient (Wildman–Crippen LogP) is 3.30. The lowest BCUT2D eigenvalue weighted by Gasteiger charge is -2.01. The predicted molar refractivity (Wildman–Crippen MR) is 71.3 cm³/mol. The first-order chi connectivity index (χ1) is 8.56. The average Bonchev–Trinajstić information content (AvgIpc) is 2.82. The summed E-state index contributed by atoms with van der Waals surface area (Å²) in [5, 5.41) is 3.95. The van der Waals surface area contributed by atoms with E-state index < -0.39 is 0 Å². The molecule has 0 aliphatic carbocycles. The van der Waals surface area contributed by atoms with E-state index in [0.717, 1.165) is 44.2 Å². The van der Waals surface area contributed by atoms with Gasteiger partial charge in [0.1, 0.15) is 17.1 Å². The van der Waals surface area contributed by atoms with Crippen LogP contribution in [0.3, 0.4) is 0 Å². The van der Waals surface area contributed by atoms with E-state index >= 15 is 0 Å². The van der Waals surface area contributed by atoms with Gasteiger partial charge in [-0.05, 0) is 42.8 Å². The molecule has 0 radical (unpaired) electrons. The van der Waals surface area contributed by atoms with E-state index in [1.165, 1.54) is 0 Å². The van der Waals surface area contributed by atoms with Gasteiger partial charge in [-0.2, -0.15) is 0 Å². The molecule has 1 N–H and O–H groups in total. The highest BCUT2D eigenvalue weighted by Gasteiger charge is 2.16. The van der Waals surface area contributed by atoms with Gasteiger partial charge in [-0.3, -0.25) is 0 Å². The molecule has 0 amide bonds. The molecule has 0 fully saturated rings. The number of nitrogens with one attached hydrogen (secondary N) is 1. The fraction of sp³-hybridized carbons (Fsp3) is 0.250. The van der Waals surface area contributed by atoms with Crippen LogP contribution in [0.25, 0.3) is 22.4 Å². The number of fused-ring (bicyclic) bond motifs is 1. The first kappa shape index (κ1) is 11.4. The van der Waals surface area contributed by atoms with E-state index in [4.69, 9.17) is 4.52 Å². The van der Waals surface area contributed by atoms with Crippen molar-refractivity contribution in [2.75, 3.05) is 0 Å². The van der Waals surface area contributed by atoms with E-state index in [9.17, 15) is 0 Å². The number of rotatable bonds is 1. The number of hydrogen-bond donors (Lipinski definition) is 1. The minimum absolute atomic E-state index is 0.761. The molecular weight excluding hydrogens is 296 g/mol. The summed E-state index contributed by atoms with van der Waals surface area (Å²) in [6, 6.07) is 1.94. The van der Waals surface area contributed by atoms with Gasteiger partial charge in [0.2, 0.25) is 0 Å². The van der Waals surface area contributed by atoms with Crippen LogP contribution in [0.4, 0.5) is 0 Å². The smallest absolute Gasteiger partial charge is 0.159 e. The summed E-state index contributed by atoms with van der Waals surface area (Å²) in [5.41, 5.74) is 4.20. The van der Waals surface area contributed by atoms with Crippen molar-refractivity contribution in [3.05, 3.63) is 27.8 Å². The molecule has 0 aliphatic rings. The Bertz CT molecular complexity index is 724. The van der Waals surface area contributed by atoms with E-state index in [1.807, 2.05) is 26.8 Å². The quantitative estimate of drug-likeness (QED) is 0.749. The van der Waals surface area contributed by atoms with Crippen molar-refractivity contribution >= 4 is 27.1 Å². The molecule has 0 aromatic carbocycles. The molecule has 6 heteroatoms. The minimum atomic E-state index is 0.761. The van der Waals surface area contributed by atoms with Gasteiger partial charge in [-0.25, -0.2) is 9.97 Å². The number of nitrogens with zero attached hydrogens (tertiary/aromatic N) is 3. The van der Waals surface area contributed by atoms with Gasteiger partial charge < -0.3 is 9.51 Å². The zero-order valence-electron chi connectivity index (χ0n) is 10.2. The maximum absolute atomic E-state index is 5.18. The van der Waals surface area contributed by atoms with E-state index in [2.05, 4.69) is 36.0 Å². The van der Waals surface area contributed by atoms with Gasteiger partial charge in [0.15, 0.2) is 5.65 Å². The monoisotopic (exact) mass is 306 g/mol. The molecule has 5 nitrogen and oxygen atoms in total. The van der Waals surface area contributed by atoms with Gasteiger partial charge in [0.25, 0.3) is 0 Å². The number of imidazole rings is 1. The van der Waals surface area contributed by atoms with E-state index in [0.29, 0.717) is 0 Å². The Balaban J connectivity index is 2.30. The number of H-pyrrole nitrogens is 1. The average molecular weight is 307 g/mol. The zero-order valence-corrected chi connectivity index (χ0v) is 11.8. The number of aromatic nitrogens is 4. The molecule has 3 aromatic rings.